The Morgan fingerprint density at radius 1 is 1.19 bits per heavy atom. The summed E-state index contributed by atoms with van der Waals surface area (Å²) >= 11 is 2.37. The van der Waals surface area contributed by atoms with E-state index in [4.69, 9.17) is 0 Å². The number of nitrogens with zero attached hydrogens (tertiary/aromatic N) is 1. The van der Waals surface area contributed by atoms with Crippen molar-refractivity contribution in [2.24, 2.45) is 0 Å². The number of hydrogen-bond acceptors (Lipinski definition) is 2. The molecule has 1 N–H and O–H groups in total. The van der Waals surface area contributed by atoms with Crippen LogP contribution in [-0.2, 0) is 6.42 Å². The van der Waals surface area contributed by atoms with E-state index in [-0.39, 0.29) is 5.54 Å². The monoisotopic (exact) mass is 400 g/mol. The molecule has 0 bridgehead atoms. The van der Waals surface area contributed by atoms with Crippen molar-refractivity contribution in [3.63, 3.8) is 0 Å². The number of rotatable bonds is 6. The van der Waals surface area contributed by atoms with Crippen LogP contribution in [0.2, 0.25) is 0 Å². The molecule has 1 aromatic carbocycles. The summed E-state index contributed by atoms with van der Waals surface area (Å²) in [6.45, 7) is 7.31. The van der Waals surface area contributed by atoms with Crippen molar-refractivity contribution < 1.29 is 0 Å². The summed E-state index contributed by atoms with van der Waals surface area (Å²) in [5.41, 5.74) is 1.68. The molecule has 2 unspecified atom stereocenters. The van der Waals surface area contributed by atoms with Gasteiger partial charge in [0.05, 0.1) is 0 Å². The van der Waals surface area contributed by atoms with Crippen LogP contribution in [0, 0.1) is 3.57 Å². The smallest absolute Gasteiger partial charge is 0.0334 e. The lowest BCUT2D eigenvalue weighted by Crippen LogP contribution is -2.60. The fraction of sp³-hybridized carbons (Fsp3) is 0.667. The van der Waals surface area contributed by atoms with Gasteiger partial charge >= 0.3 is 0 Å². The SMILES string of the molecule is CCC(C)(C(Cc1ccc(I)cc1)NC)N1CCCCC1. The zero-order valence-corrected chi connectivity index (χ0v) is 15.8. The predicted octanol–water partition coefficient (Wildman–Crippen LogP) is 4.08. The van der Waals surface area contributed by atoms with Crippen molar-refractivity contribution in [3.05, 3.63) is 33.4 Å². The number of hydrogen-bond donors (Lipinski definition) is 1. The van der Waals surface area contributed by atoms with Crippen molar-refractivity contribution in [2.75, 3.05) is 20.1 Å². The molecular weight excluding hydrogens is 371 g/mol. The number of nitrogens with one attached hydrogen (secondary N) is 1. The summed E-state index contributed by atoms with van der Waals surface area (Å²) in [4.78, 5) is 2.73. The molecule has 118 valence electrons. The average molecular weight is 400 g/mol. The summed E-state index contributed by atoms with van der Waals surface area (Å²) in [5.74, 6) is 0. The number of piperidine rings is 1. The minimum absolute atomic E-state index is 0.248. The number of halogens is 1. The second-order valence-electron chi connectivity index (χ2n) is 6.43. The molecule has 1 aliphatic rings. The Balaban J connectivity index is 2.13. The molecular formula is C18H29IN2. The highest BCUT2D eigenvalue weighted by Gasteiger charge is 2.37. The van der Waals surface area contributed by atoms with Crippen molar-refractivity contribution in [1.82, 2.24) is 10.2 Å². The van der Waals surface area contributed by atoms with E-state index >= 15 is 0 Å². The van der Waals surface area contributed by atoms with Crippen molar-refractivity contribution in [3.8, 4) is 0 Å². The number of likely N-dealkylation sites (tertiary alicyclic amines) is 1. The van der Waals surface area contributed by atoms with Crippen molar-refractivity contribution in [2.45, 2.75) is 57.5 Å². The van der Waals surface area contributed by atoms with Gasteiger partial charge in [-0.15, -0.1) is 0 Å². The van der Waals surface area contributed by atoms with E-state index in [1.165, 1.54) is 47.9 Å². The first-order valence-electron chi connectivity index (χ1n) is 8.27. The molecule has 2 atom stereocenters. The van der Waals surface area contributed by atoms with Crippen LogP contribution in [0.25, 0.3) is 0 Å². The number of benzene rings is 1. The Morgan fingerprint density at radius 2 is 1.81 bits per heavy atom. The fourth-order valence-electron chi connectivity index (χ4n) is 3.58. The van der Waals surface area contributed by atoms with Gasteiger partial charge in [0.2, 0.25) is 0 Å². The second kappa shape index (κ2) is 7.93. The van der Waals surface area contributed by atoms with Gasteiger partial charge < -0.3 is 5.32 Å². The summed E-state index contributed by atoms with van der Waals surface area (Å²) in [6, 6.07) is 9.48. The van der Waals surface area contributed by atoms with Gasteiger partial charge in [0.25, 0.3) is 0 Å². The average Bonchev–Trinajstić information content (AvgIpc) is 2.54. The normalized spacial score (nSPS) is 21.0. The first-order valence-corrected chi connectivity index (χ1v) is 9.34. The molecule has 1 fully saturated rings. The zero-order chi connectivity index (χ0) is 15.3. The van der Waals surface area contributed by atoms with Gasteiger partial charge in [-0.05, 0) is 93.0 Å². The Bertz CT molecular complexity index is 425. The van der Waals surface area contributed by atoms with Gasteiger partial charge in [0.15, 0.2) is 0 Å². The fourth-order valence-corrected chi connectivity index (χ4v) is 3.94. The van der Waals surface area contributed by atoms with Crippen molar-refractivity contribution >= 4 is 22.6 Å². The van der Waals surface area contributed by atoms with Gasteiger partial charge in [-0.2, -0.15) is 0 Å². The Kier molecular flexibility index (Phi) is 6.51. The molecule has 1 saturated heterocycles. The van der Waals surface area contributed by atoms with E-state index in [0.29, 0.717) is 6.04 Å². The lowest BCUT2D eigenvalue weighted by molar-refractivity contribution is 0.0453. The van der Waals surface area contributed by atoms with Gasteiger partial charge in [0, 0.05) is 15.2 Å². The lowest BCUT2D eigenvalue weighted by Gasteiger charge is -2.48. The highest BCUT2D eigenvalue weighted by atomic mass is 127. The highest BCUT2D eigenvalue weighted by Crippen LogP contribution is 2.29. The molecule has 0 aliphatic carbocycles. The van der Waals surface area contributed by atoms with Crippen LogP contribution >= 0.6 is 22.6 Å². The molecule has 0 saturated carbocycles. The Hall–Kier alpha value is -0.130. The predicted molar refractivity (Wildman–Crippen MR) is 99.8 cm³/mol. The summed E-state index contributed by atoms with van der Waals surface area (Å²) in [7, 11) is 2.12. The molecule has 0 spiro atoms. The molecule has 1 aromatic rings. The quantitative estimate of drug-likeness (QED) is 0.725. The van der Waals surface area contributed by atoms with E-state index in [1.807, 2.05) is 0 Å². The van der Waals surface area contributed by atoms with E-state index < -0.39 is 0 Å². The first-order chi connectivity index (χ1) is 10.1. The molecule has 0 aromatic heterocycles. The van der Waals surface area contributed by atoms with E-state index in [2.05, 4.69) is 78.0 Å². The molecule has 2 rings (SSSR count). The van der Waals surface area contributed by atoms with E-state index in [0.717, 1.165) is 6.42 Å². The molecule has 2 nitrogen and oxygen atoms in total. The topological polar surface area (TPSA) is 15.3 Å². The first kappa shape index (κ1) is 17.2. The molecule has 0 radical (unpaired) electrons. The summed E-state index contributed by atoms with van der Waals surface area (Å²) in [5, 5.41) is 3.61. The third-order valence-corrected chi connectivity index (χ3v) is 5.97. The maximum atomic E-state index is 3.61. The minimum atomic E-state index is 0.248. The summed E-state index contributed by atoms with van der Waals surface area (Å²) < 4.78 is 1.31. The third kappa shape index (κ3) is 4.20. The van der Waals surface area contributed by atoms with Crippen LogP contribution in [0.4, 0.5) is 0 Å². The molecule has 0 amide bonds. The molecule has 3 heteroatoms. The lowest BCUT2D eigenvalue weighted by atomic mass is 9.82. The maximum absolute atomic E-state index is 3.61. The van der Waals surface area contributed by atoms with Gasteiger partial charge in [-0.1, -0.05) is 25.5 Å². The van der Waals surface area contributed by atoms with Crippen LogP contribution in [0.1, 0.15) is 45.1 Å². The van der Waals surface area contributed by atoms with Gasteiger partial charge in [-0.3, -0.25) is 4.90 Å². The maximum Gasteiger partial charge on any atom is 0.0334 e. The van der Waals surface area contributed by atoms with Crippen LogP contribution in [0.3, 0.4) is 0 Å². The Labute approximate surface area is 143 Å². The van der Waals surface area contributed by atoms with Gasteiger partial charge in [0.1, 0.15) is 0 Å². The minimum Gasteiger partial charge on any atom is -0.315 e. The number of likely N-dealkylation sites (N-methyl/N-ethyl adjacent to an activating group) is 1. The van der Waals surface area contributed by atoms with Crippen molar-refractivity contribution in [1.29, 1.82) is 0 Å². The zero-order valence-electron chi connectivity index (χ0n) is 13.7. The van der Waals surface area contributed by atoms with Crippen LogP contribution in [-0.4, -0.2) is 36.6 Å². The molecule has 21 heavy (non-hydrogen) atoms. The van der Waals surface area contributed by atoms with E-state index in [1.54, 1.807) is 0 Å². The Morgan fingerprint density at radius 3 is 2.33 bits per heavy atom. The second-order valence-corrected chi connectivity index (χ2v) is 7.68. The third-order valence-electron chi connectivity index (χ3n) is 5.25. The summed E-state index contributed by atoms with van der Waals surface area (Å²) in [6.07, 6.45) is 6.42. The highest BCUT2D eigenvalue weighted by molar-refractivity contribution is 14.1. The van der Waals surface area contributed by atoms with E-state index in [9.17, 15) is 0 Å². The van der Waals surface area contributed by atoms with Crippen LogP contribution in [0.15, 0.2) is 24.3 Å². The largest absolute Gasteiger partial charge is 0.315 e. The van der Waals surface area contributed by atoms with Crippen LogP contribution in [0.5, 0.6) is 0 Å². The standard InChI is InChI=1S/C18H29IN2/c1-4-18(2,21-12-6-5-7-13-21)17(20-3)14-15-8-10-16(19)11-9-15/h8-11,17,20H,4-7,12-14H2,1-3H3. The molecule has 1 heterocycles. The van der Waals surface area contributed by atoms with Gasteiger partial charge in [-0.25, -0.2) is 0 Å². The molecule has 1 aliphatic heterocycles. The van der Waals surface area contributed by atoms with Crippen LogP contribution < -0.4 is 5.32 Å².